The average molecular weight is 1040 g/mol. The van der Waals surface area contributed by atoms with E-state index in [2.05, 4.69) is 31.0 Å². The Hall–Kier alpha value is -6.26. The summed E-state index contributed by atoms with van der Waals surface area (Å²) in [6, 6.07) is 13.7. The second kappa shape index (κ2) is 24.6. The molecule has 22 heteroatoms. The van der Waals surface area contributed by atoms with Crippen LogP contribution in [0.15, 0.2) is 66.0 Å². The topological polar surface area (TPSA) is 221 Å². The Kier molecular flexibility index (Phi) is 17.9. The number of carbonyl (C=O) groups excluding carboxylic acids is 7. The summed E-state index contributed by atoms with van der Waals surface area (Å²) < 4.78 is 26.2. The fourth-order valence-corrected chi connectivity index (χ4v) is 11.7. The van der Waals surface area contributed by atoms with Gasteiger partial charge in [0.1, 0.15) is 17.3 Å². The molecule has 390 valence electrons. The van der Waals surface area contributed by atoms with Crippen molar-refractivity contribution >= 4 is 74.5 Å². The highest BCUT2D eigenvalue weighted by atomic mass is 33.1. The van der Waals surface area contributed by atoms with Crippen LogP contribution in [0, 0.1) is 11.7 Å². The minimum absolute atomic E-state index is 0.0319. The van der Waals surface area contributed by atoms with E-state index in [4.69, 9.17) is 14.3 Å². The molecule has 5 aliphatic rings. The van der Waals surface area contributed by atoms with E-state index in [-0.39, 0.29) is 74.4 Å². The van der Waals surface area contributed by atoms with Crippen molar-refractivity contribution in [1.82, 2.24) is 35.5 Å². The second-order valence-corrected chi connectivity index (χ2v) is 22.4. The molecule has 2 unspecified atom stereocenters. The van der Waals surface area contributed by atoms with E-state index in [9.17, 15) is 33.6 Å². The second-order valence-electron chi connectivity index (χ2n) is 19.3. The van der Waals surface area contributed by atoms with Gasteiger partial charge in [-0.05, 0) is 81.3 Å². The highest BCUT2D eigenvalue weighted by Crippen LogP contribution is 2.47. The summed E-state index contributed by atoms with van der Waals surface area (Å²) in [6.07, 6.45) is 7.26. The number of nitrogens with one attached hydrogen (secondary N) is 3. The molecular formula is C51H62FN9O10S2. The molecule has 1 aliphatic carbocycles. The third kappa shape index (κ3) is 14.7. The van der Waals surface area contributed by atoms with E-state index in [0.29, 0.717) is 97.4 Å². The minimum atomic E-state index is -0.690. The number of hydrogen-bond donors (Lipinski definition) is 3. The number of piperidine rings is 1. The number of ether oxygens (including phenoxy) is 2. The Morgan fingerprint density at radius 3 is 2.45 bits per heavy atom. The number of benzene rings is 2. The normalized spacial score (nSPS) is 19.8. The zero-order valence-corrected chi connectivity index (χ0v) is 42.7. The minimum Gasteiger partial charge on any atom is -0.493 e. The smallest absolute Gasteiger partial charge is 0.333 e. The van der Waals surface area contributed by atoms with Crippen molar-refractivity contribution in [3.8, 4) is 11.5 Å². The number of hydroxylamine groups is 2. The van der Waals surface area contributed by atoms with Crippen LogP contribution in [0.2, 0.25) is 0 Å². The van der Waals surface area contributed by atoms with Gasteiger partial charge in [0.05, 0.1) is 25.3 Å². The molecule has 8 rings (SSSR count). The maximum atomic E-state index is 15.0. The van der Waals surface area contributed by atoms with Gasteiger partial charge in [0, 0.05) is 136 Å². The van der Waals surface area contributed by atoms with Gasteiger partial charge >= 0.3 is 12.0 Å². The quantitative estimate of drug-likeness (QED) is 0.0528. The Morgan fingerprint density at radius 2 is 1.71 bits per heavy atom. The largest absolute Gasteiger partial charge is 0.493 e. The molecule has 3 aromatic rings. The Labute approximate surface area is 431 Å². The number of urea groups is 1. The summed E-state index contributed by atoms with van der Waals surface area (Å²) in [4.78, 5) is 102. The van der Waals surface area contributed by atoms with Crippen LogP contribution in [0.5, 0.6) is 11.5 Å². The Bertz CT molecular complexity index is 2540. The van der Waals surface area contributed by atoms with Crippen molar-refractivity contribution in [2.24, 2.45) is 11.0 Å². The van der Waals surface area contributed by atoms with E-state index in [0.717, 1.165) is 43.5 Å². The molecule has 19 nitrogen and oxygen atoms in total. The van der Waals surface area contributed by atoms with Gasteiger partial charge in [0.2, 0.25) is 17.7 Å². The molecule has 73 heavy (non-hydrogen) atoms. The van der Waals surface area contributed by atoms with Crippen molar-refractivity contribution in [2.75, 3.05) is 63.6 Å². The number of pyridine rings is 1. The number of hydrogen-bond acceptors (Lipinski definition) is 15. The summed E-state index contributed by atoms with van der Waals surface area (Å²) in [6.45, 7) is 8.55. The van der Waals surface area contributed by atoms with Crippen molar-refractivity contribution in [1.29, 1.82) is 0 Å². The molecule has 3 saturated heterocycles. The van der Waals surface area contributed by atoms with E-state index in [1.165, 1.54) is 6.07 Å². The van der Waals surface area contributed by atoms with Gasteiger partial charge in [-0.3, -0.25) is 33.9 Å². The van der Waals surface area contributed by atoms with Gasteiger partial charge < -0.3 is 34.7 Å². The van der Waals surface area contributed by atoms with Crippen LogP contribution in [0.3, 0.4) is 0 Å². The van der Waals surface area contributed by atoms with Crippen LogP contribution in [0.25, 0.3) is 0 Å². The monoisotopic (exact) mass is 1040 g/mol. The van der Waals surface area contributed by atoms with Gasteiger partial charge in [0.15, 0.2) is 0 Å². The van der Waals surface area contributed by atoms with E-state index >= 15 is 4.39 Å². The predicted octanol–water partition coefficient (Wildman–Crippen LogP) is 5.79. The summed E-state index contributed by atoms with van der Waals surface area (Å²) in [5.74, 6) is -0.875. The molecule has 1 aromatic heterocycles. The maximum absolute atomic E-state index is 15.0. The molecule has 0 radical (unpaired) electrons. The summed E-state index contributed by atoms with van der Waals surface area (Å²) in [7, 11) is 3.14. The van der Waals surface area contributed by atoms with Crippen molar-refractivity contribution in [3.63, 3.8) is 0 Å². The van der Waals surface area contributed by atoms with Crippen LogP contribution >= 0.6 is 21.6 Å². The van der Waals surface area contributed by atoms with Crippen molar-refractivity contribution < 1.29 is 52.3 Å². The lowest BCUT2D eigenvalue weighted by Gasteiger charge is -2.42. The number of halogens is 1. The number of piperazine rings is 1. The van der Waals surface area contributed by atoms with Gasteiger partial charge in [0.25, 0.3) is 11.8 Å². The number of imide groups is 1. The molecular weight excluding hydrogens is 982 g/mol. The third-order valence-electron chi connectivity index (χ3n) is 13.4. The predicted molar refractivity (Wildman–Crippen MR) is 272 cm³/mol. The number of fused-ring (bicyclic) bond motifs is 1. The molecule has 4 aliphatic heterocycles. The molecule has 0 bridgehead atoms. The number of hydrazone groups is 1. The Balaban J connectivity index is 0.666. The maximum Gasteiger partial charge on any atom is 0.333 e. The molecule has 1 saturated carbocycles. The van der Waals surface area contributed by atoms with Crippen LogP contribution in [-0.2, 0) is 40.1 Å². The molecule has 2 aromatic carbocycles. The molecule has 0 spiro atoms. The molecule has 7 amide bonds. The van der Waals surface area contributed by atoms with Gasteiger partial charge in [-0.25, -0.2) is 19.4 Å². The first kappa shape index (κ1) is 53.0. The van der Waals surface area contributed by atoms with Crippen LogP contribution in [-0.4, -0.2) is 141 Å². The standard InChI is InChI=1S/C51H62FN9O10S2/c1-51(2,30-44(62)57-56-42-15-25-70-43-28-37(9-10-38(42)43)69-24-4-6-48(66)71-61-46(64)11-12-47(61)65)73-72-26-16-45(63)59-22-20-58(21-23-59)36-13-18-60(19-14-36)50(68)54-32-34-7-8-35(27-41(34)52)55-49(67)40-29-39(40)33-5-3-17-53-31-33/h3,5,7-10,17,27-28,31,36,39-40H,4,6,11-16,18-26,29-30,32H2,1-2H3,(H,54,68)(H,55,67)(H,57,62)/b56-42+. The zero-order valence-electron chi connectivity index (χ0n) is 41.1. The summed E-state index contributed by atoms with van der Waals surface area (Å²) in [5.41, 5.74) is 5.84. The van der Waals surface area contributed by atoms with Gasteiger partial charge in [-0.1, -0.05) is 33.7 Å². The van der Waals surface area contributed by atoms with E-state index in [1.54, 1.807) is 69.2 Å². The fraction of sp³-hybridized carbons (Fsp3) is 0.510. The molecule has 3 N–H and O–H groups in total. The van der Waals surface area contributed by atoms with Crippen molar-refractivity contribution in [3.05, 3.63) is 83.4 Å². The lowest BCUT2D eigenvalue weighted by Crippen LogP contribution is -2.55. The number of amides is 7. The number of anilines is 1. The van der Waals surface area contributed by atoms with Gasteiger partial charge in [-0.15, -0.1) is 5.06 Å². The Morgan fingerprint density at radius 1 is 0.932 bits per heavy atom. The van der Waals surface area contributed by atoms with E-state index < -0.39 is 28.3 Å². The number of rotatable bonds is 20. The molecule has 4 fully saturated rings. The first-order valence-electron chi connectivity index (χ1n) is 24.9. The van der Waals surface area contributed by atoms with Gasteiger partial charge in [-0.2, -0.15) is 5.10 Å². The lowest BCUT2D eigenvalue weighted by atomic mass is 10.0. The zero-order chi connectivity index (χ0) is 51.5. The number of nitrogens with zero attached hydrogens (tertiary/aromatic N) is 6. The third-order valence-corrected chi connectivity index (χ3v) is 16.7. The highest BCUT2D eigenvalue weighted by Gasteiger charge is 2.44. The average Bonchev–Trinajstić information content (AvgIpc) is 4.14. The number of aromatic nitrogens is 1. The number of likely N-dealkylation sites (tertiary alicyclic amines) is 1. The SMILES string of the molecule is CC(C)(CC(=O)N/N=C1\CCOc2cc(OCCCC(=O)ON3C(=O)CCC3=O)ccc21)SSCCC(=O)N1CCN(C2CCN(C(=O)NCc3ccc(NC(=O)C4CC4c4cccnc4)cc3F)CC2)CC1. The number of carbonyl (C=O) groups is 7. The first-order chi connectivity index (χ1) is 35.2. The summed E-state index contributed by atoms with van der Waals surface area (Å²) in [5, 5.41) is 10.6. The first-order valence-corrected chi connectivity index (χ1v) is 27.2. The van der Waals surface area contributed by atoms with Crippen LogP contribution in [0.4, 0.5) is 14.9 Å². The van der Waals surface area contributed by atoms with E-state index in [1.807, 2.05) is 30.9 Å². The summed E-state index contributed by atoms with van der Waals surface area (Å²) >= 11 is 0. The lowest BCUT2D eigenvalue weighted by molar-refractivity contribution is -0.197. The molecule has 2 atom stereocenters. The van der Waals surface area contributed by atoms with Crippen molar-refractivity contribution in [2.45, 2.75) is 101 Å². The highest BCUT2D eigenvalue weighted by molar-refractivity contribution is 8.77. The molecule has 5 heterocycles. The van der Waals surface area contributed by atoms with Crippen LogP contribution in [0.1, 0.15) is 101 Å². The fourth-order valence-electron chi connectivity index (χ4n) is 9.25. The van der Waals surface area contributed by atoms with Crippen LogP contribution < -0.4 is 25.5 Å².